The molecule has 2 fully saturated rings. The number of amides is 2. The maximum Gasteiger partial charge on any atom is 0.315 e. The van der Waals surface area contributed by atoms with Crippen molar-refractivity contribution in [3.8, 4) is 0 Å². The minimum absolute atomic E-state index is 0.0224. The Labute approximate surface area is 101 Å². The van der Waals surface area contributed by atoms with Crippen molar-refractivity contribution >= 4 is 15.9 Å². The summed E-state index contributed by atoms with van der Waals surface area (Å²) >= 11 is 0. The van der Waals surface area contributed by atoms with Gasteiger partial charge >= 0.3 is 6.03 Å². The molecule has 2 unspecified atom stereocenters. The minimum Gasteiger partial charge on any atom is -0.379 e. The summed E-state index contributed by atoms with van der Waals surface area (Å²) in [5.74, 6) is 0.172. The van der Waals surface area contributed by atoms with Gasteiger partial charge in [-0.05, 0) is 19.8 Å². The van der Waals surface area contributed by atoms with Crippen LogP contribution in [0.25, 0.3) is 0 Å². The first kappa shape index (κ1) is 12.6. The number of carbonyl (C=O) groups is 1. The molecule has 2 atom stereocenters. The average molecular weight is 262 g/mol. The highest BCUT2D eigenvalue weighted by atomic mass is 32.2. The van der Waals surface area contributed by atoms with Gasteiger partial charge in [0.05, 0.1) is 29.7 Å². The van der Waals surface area contributed by atoms with Crippen molar-refractivity contribution in [1.29, 1.82) is 0 Å². The molecule has 0 aliphatic carbocycles. The summed E-state index contributed by atoms with van der Waals surface area (Å²) in [6.45, 7) is 2.96. The van der Waals surface area contributed by atoms with Crippen LogP contribution in [0.4, 0.5) is 4.79 Å². The van der Waals surface area contributed by atoms with Crippen LogP contribution in [0.15, 0.2) is 0 Å². The molecule has 17 heavy (non-hydrogen) atoms. The Hall–Kier alpha value is -0.820. The van der Waals surface area contributed by atoms with Crippen LogP contribution in [0.2, 0.25) is 0 Å². The predicted octanol–water partition coefficient (Wildman–Crippen LogP) is -0.348. The Morgan fingerprint density at radius 3 is 2.76 bits per heavy atom. The van der Waals surface area contributed by atoms with Crippen LogP contribution >= 0.6 is 0 Å². The highest BCUT2D eigenvalue weighted by molar-refractivity contribution is 7.91. The van der Waals surface area contributed by atoms with E-state index in [1.54, 1.807) is 6.92 Å². The van der Waals surface area contributed by atoms with Crippen molar-refractivity contribution in [2.75, 3.05) is 24.7 Å². The van der Waals surface area contributed by atoms with E-state index < -0.39 is 15.4 Å². The second kappa shape index (κ2) is 4.45. The Bertz CT molecular complexity index is 403. The average Bonchev–Trinajstić information content (AvgIpc) is 2.74. The van der Waals surface area contributed by atoms with E-state index in [0.29, 0.717) is 19.6 Å². The second-order valence-electron chi connectivity index (χ2n) is 5.06. The molecular formula is C10H18N2O4S. The van der Waals surface area contributed by atoms with Gasteiger partial charge in [0.15, 0.2) is 9.84 Å². The quantitative estimate of drug-likeness (QED) is 0.712. The number of carbonyl (C=O) groups excluding carboxylic acids is 1. The third kappa shape index (κ3) is 3.32. The van der Waals surface area contributed by atoms with E-state index in [9.17, 15) is 13.2 Å². The summed E-state index contributed by atoms with van der Waals surface area (Å²) < 4.78 is 27.9. The molecular weight excluding hydrogens is 244 g/mol. The van der Waals surface area contributed by atoms with Crippen molar-refractivity contribution in [3.05, 3.63) is 0 Å². The molecule has 2 amide bonds. The highest BCUT2D eigenvalue weighted by Gasteiger charge is 2.39. The Morgan fingerprint density at radius 1 is 1.47 bits per heavy atom. The molecule has 0 saturated carbocycles. The molecule has 0 aromatic heterocycles. The molecule has 2 aliphatic heterocycles. The van der Waals surface area contributed by atoms with E-state index in [1.165, 1.54) is 0 Å². The Kier molecular flexibility index (Phi) is 3.31. The van der Waals surface area contributed by atoms with E-state index in [0.717, 1.165) is 6.42 Å². The molecule has 0 aromatic rings. The minimum atomic E-state index is -2.99. The topological polar surface area (TPSA) is 84.5 Å². The fourth-order valence-corrected chi connectivity index (χ4v) is 4.35. The summed E-state index contributed by atoms with van der Waals surface area (Å²) in [5, 5.41) is 5.54. The molecule has 6 nitrogen and oxygen atoms in total. The number of hydrogen-bond acceptors (Lipinski definition) is 4. The molecule has 2 saturated heterocycles. The molecule has 7 heteroatoms. The molecule has 2 heterocycles. The summed E-state index contributed by atoms with van der Waals surface area (Å²) in [5.41, 5.74) is -0.637. The first-order valence-corrected chi connectivity index (χ1v) is 7.58. The van der Waals surface area contributed by atoms with Gasteiger partial charge in [0.2, 0.25) is 0 Å². The van der Waals surface area contributed by atoms with Crippen LogP contribution in [-0.2, 0) is 14.6 Å². The summed E-state index contributed by atoms with van der Waals surface area (Å²) in [7, 11) is -2.99. The first-order chi connectivity index (χ1) is 7.89. The van der Waals surface area contributed by atoms with E-state index in [1.807, 2.05) is 0 Å². The van der Waals surface area contributed by atoms with Crippen molar-refractivity contribution in [3.63, 3.8) is 0 Å². The summed E-state index contributed by atoms with van der Waals surface area (Å²) in [6.07, 6.45) is 1.28. The number of urea groups is 1. The predicted molar refractivity (Wildman–Crippen MR) is 62.6 cm³/mol. The van der Waals surface area contributed by atoms with Gasteiger partial charge in [-0.1, -0.05) is 0 Å². The van der Waals surface area contributed by atoms with E-state index in [2.05, 4.69) is 10.6 Å². The van der Waals surface area contributed by atoms with Gasteiger partial charge in [-0.2, -0.15) is 0 Å². The maximum absolute atomic E-state index is 11.7. The largest absolute Gasteiger partial charge is 0.379 e. The molecule has 0 bridgehead atoms. The molecule has 98 valence electrons. The zero-order valence-electron chi connectivity index (χ0n) is 9.86. The van der Waals surface area contributed by atoms with E-state index in [4.69, 9.17) is 4.74 Å². The fraction of sp³-hybridized carbons (Fsp3) is 0.900. The molecule has 2 N–H and O–H groups in total. The summed E-state index contributed by atoms with van der Waals surface area (Å²) in [6, 6.07) is -0.267. The lowest BCUT2D eigenvalue weighted by molar-refractivity contribution is 0.187. The van der Waals surface area contributed by atoms with Gasteiger partial charge in [0, 0.05) is 6.61 Å². The van der Waals surface area contributed by atoms with Crippen molar-refractivity contribution in [2.45, 2.75) is 31.3 Å². The normalized spacial score (nSPS) is 35.7. The maximum atomic E-state index is 11.7. The van der Waals surface area contributed by atoms with Gasteiger partial charge in [-0.25, -0.2) is 13.2 Å². The lowest BCUT2D eigenvalue weighted by Crippen LogP contribution is -2.53. The van der Waals surface area contributed by atoms with E-state index >= 15 is 0 Å². The molecule has 0 radical (unpaired) electrons. The molecule has 0 spiro atoms. The second-order valence-corrected chi connectivity index (χ2v) is 7.25. The van der Waals surface area contributed by atoms with E-state index in [-0.39, 0.29) is 23.6 Å². The zero-order chi connectivity index (χ0) is 12.5. The zero-order valence-corrected chi connectivity index (χ0v) is 10.7. The number of rotatable bonds is 2. The SMILES string of the molecule is CC1(NC(=O)NC2CCOC2)CCS(=O)(=O)C1. The third-order valence-electron chi connectivity index (χ3n) is 3.18. The van der Waals surface area contributed by atoms with Crippen molar-refractivity contribution in [2.24, 2.45) is 0 Å². The van der Waals surface area contributed by atoms with Gasteiger partial charge in [-0.15, -0.1) is 0 Å². The van der Waals surface area contributed by atoms with Crippen LogP contribution in [-0.4, -0.2) is 50.7 Å². The summed E-state index contributed by atoms with van der Waals surface area (Å²) in [4.78, 5) is 11.7. The lowest BCUT2D eigenvalue weighted by atomic mass is 10.0. The van der Waals surface area contributed by atoms with Crippen LogP contribution in [0, 0.1) is 0 Å². The standard InChI is InChI=1S/C10H18N2O4S/c1-10(3-5-17(14,15)7-10)12-9(13)11-8-2-4-16-6-8/h8H,2-7H2,1H3,(H2,11,12,13). The number of ether oxygens (including phenoxy) is 1. The van der Waals surface area contributed by atoms with Crippen LogP contribution in [0.3, 0.4) is 0 Å². The number of sulfone groups is 1. The lowest BCUT2D eigenvalue weighted by Gasteiger charge is -2.25. The number of hydrogen-bond donors (Lipinski definition) is 2. The molecule has 2 rings (SSSR count). The highest BCUT2D eigenvalue weighted by Crippen LogP contribution is 2.22. The van der Waals surface area contributed by atoms with Crippen molar-refractivity contribution < 1.29 is 17.9 Å². The van der Waals surface area contributed by atoms with Gasteiger partial charge < -0.3 is 15.4 Å². The third-order valence-corrected chi connectivity index (χ3v) is 5.09. The van der Waals surface area contributed by atoms with Crippen LogP contribution in [0.1, 0.15) is 19.8 Å². The molecule has 2 aliphatic rings. The number of nitrogens with one attached hydrogen (secondary N) is 2. The Balaban J connectivity index is 1.86. The molecule has 0 aromatic carbocycles. The smallest absolute Gasteiger partial charge is 0.315 e. The van der Waals surface area contributed by atoms with Crippen molar-refractivity contribution in [1.82, 2.24) is 10.6 Å². The fourth-order valence-electron chi connectivity index (χ4n) is 2.25. The van der Waals surface area contributed by atoms with Gasteiger partial charge in [-0.3, -0.25) is 0 Å². The monoisotopic (exact) mass is 262 g/mol. The van der Waals surface area contributed by atoms with Crippen LogP contribution < -0.4 is 10.6 Å². The van der Waals surface area contributed by atoms with Gasteiger partial charge in [0.25, 0.3) is 0 Å². The Morgan fingerprint density at radius 2 is 2.24 bits per heavy atom. The first-order valence-electron chi connectivity index (χ1n) is 5.75. The van der Waals surface area contributed by atoms with Crippen LogP contribution in [0.5, 0.6) is 0 Å². The van der Waals surface area contributed by atoms with Gasteiger partial charge in [0.1, 0.15) is 0 Å².